The molecule has 0 saturated carbocycles. The Kier molecular flexibility index (Phi) is 5.73. The number of nitrogens with zero attached hydrogens (tertiary/aromatic N) is 1. The highest BCUT2D eigenvalue weighted by molar-refractivity contribution is 7.90. The average Bonchev–Trinajstić information content (AvgIpc) is 3.07. The number of sulfonamides is 1. The fourth-order valence-corrected chi connectivity index (χ4v) is 4.69. The number of carbonyl (C=O) groups excluding carboxylic acids is 1. The number of anilines is 1. The number of benzene rings is 1. The molecule has 1 aromatic heterocycles. The van der Waals surface area contributed by atoms with Gasteiger partial charge in [-0.05, 0) is 35.9 Å². The number of fused-ring (bicyclic) bond motifs is 1. The van der Waals surface area contributed by atoms with Crippen molar-refractivity contribution >= 4 is 38.8 Å². The maximum Gasteiger partial charge on any atom is 0.286 e. The maximum atomic E-state index is 12.2. The Morgan fingerprint density at radius 1 is 1.27 bits per heavy atom. The van der Waals surface area contributed by atoms with E-state index in [9.17, 15) is 13.2 Å². The lowest BCUT2D eigenvalue weighted by Gasteiger charge is -2.20. The molecule has 1 unspecified atom stereocenters. The summed E-state index contributed by atoms with van der Waals surface area (Å²) in [5.74, 6) is 0.319. The van der Waals surface area contributed by atoms with Crippen LogP contribution in [0.5, 0.6) is 0 Å². The van der Waals surface area contributed by atoms with Crippen LogP contribution in [0.4, 0.5) is 5.69 Å². The average molecular weight is 392 g/mol. The topological polar surface area (TPSA) is 87.6 Å². The maximum absolute atomic E-state index is 12.2. The predicted molar refractivity (Wildman–Crippen MR) is 104 cm³/mol. The summed E-state index contributed by atoms with van der Waals surface area (Å²) in [6.07, 6.45) is 1.54. The number of hydrogen-bond acceptors (Lipinski definition) is 5. The Bertz CT molecular complexity index is 906. The smallest absolute Gasteiger partial charge is 0.286 e. The van der Waals surface area contributed by atoms with Crippen molar-refractivity contribution < 1.29 is 13.2 Å². The molecule has 2 heterocycles. The Labute approximate surface area is 157 Å². The minimum absolute atomic E-state index is 0.0246. The zero-order valence-electron chi connectivity index (χ0n) is 14.4. The summed E-state index contributed by atoms with van der Waals surface area (Å²) < 4.78 is 28.3. The molecular weight excluding hydrogens is 370 g/mol. The summed E-state index contributed by atoms with van der Waals surface area (Å²) in [6, 6.07) is 10.7. The summed E-state index contributed by atoms with van der Waals surface area (Å²) in [4.78, 5) is 13.5. The minimum atomic E-state index is -3.68. The van der Waals surface area contributed by atoms with Crippen LogP contribution in [0, 0.1) is 5.92 Å². The largest absolute Gasteiger partial charge is 0.356 e. The van der Waals surface area contributed by atoms with E-state index >= 15 is 0 Å². The Balaban J connectivity index is 1.51. The predicted octanol–water partition coefficient (Wildman–Crippen LogP) is 3.04. The molecule has 1 amide bonds. The van der Waals surface area contributed by atoms with E-state index in [-0.39, 0.29) is 16.7 Å². The van der Waals surface area contributed by atoms with Crippen molar-refractivity contribution in [1.82, 2.24) is 5.32 Å². The molecule has 0 fully saturated rings. The first-order chi connectivity index (χ1) is 12.4. The first kappa shape index (κ1) is 18.6. The standard InChI is InChI=1S/C18H21N3O3S2/c1-13(12-18(22)19-9-8-14-5-4-10-25-14)11-17-20-15-6-2-3-7-16(15)26(23,24)21-17/h2-7,10,13H,8-9,11-12H2,1H3,(H,19,22)(H,20,21). The molecule has 138 valence electrons. The van der Waals surface area contributed by atoms with Gasteiger partial charge in [-0.3, -0.25) is 4.79 Å². The third-order valence-corrected chi connectivity index (χ3v) is 6.33. The van der Waals surface area contributed by atoms with Gasteiger partial charge in [0.1, 0.15) is 10.7 Å². The molecule has 6 nitrogen and oxygen atoms in total. The minimum Gasteiger partial charge on any atom is -0.356 e. The van der Waals surface area contributed by atoms with Gasteiger partial charge < -0.3 is 10.6 Å². The summed E-state index contributed by atoms with van der Waals surface area (Å²) in [5, 5.41) is 7.99. The first-order valence-electron chi connectivity index (χ1n) is 8.43. The lowest BCUT2D eigenvalue weighted by molar-refractivity contribution is -0.121. The van der Waals surface area contributed by atoms with Gasteiger partial charge in [0, 0.05) is 24.3 Å². The zero-order valence-corrected chi connectivity index (χ0v) is 16.1. The van der Waals surface area contributed by atoms with Crippen molar-refractivity contribution in [2.45, 2.75) is 31.1 Å². The van der Waals surface area contributed by atoms with Crippen molar-refractivity contribution in [2.24, 2.45) is 10.3 Å². The van der Waals surface area contributed by atoms with Gasteiger partial charge in [0.15, 0.2) is 0 Å². The fraction of sp³-hybridized carbons (Fsp3) is 0.333. The Hall–Kier alpha value is -2.19. The molecule has 26 heavy (non-hydrogen) atoms. The quantitative estimate of drug-likeness (QED) is 0.759. The monoisotopic (exact) mass is 391 g/mol. The fourth-order valence-electron chi connectivity index (χ4n) is 2.83. The second-order valence-electron chi connectivity index (χ2n) is 6.33. The molecule has 0 radical (unpaired) electrons. The van der Waals surface area contributed by atoms with Crippen LogP contribution in [0.25, 0.3) is 0 Å². The van der Waals surface area contributed by atoms with E-state index in [0.717, 1.165) is 6.42 Å². The van der Waals surface area contributed by atoms with E-state index < -0.39 is 10.0 Å². The molecule has 1 atom stereocenters. The second kappa shape index (κ2) is 8.01. The molecule has 8 heteroatoms. The SMILES string of the molecule is CC(CC(=O)NCCc1cccs1)CC1=NS(=O)(=O)c2ccccc2N1. The Morgan fingerprint density at radius 2 is 2.08 bits per heavy atom. The number of rotatable bonds is 7. The third kappa shape index (κ3) is 4.70. The van der Waals surface area contributed by atoms with Crippen LogP contribution in [0.1, 0.15) is 24.6 Å². The van der Waals surface area contributed by atoms with Crippen LogP contribution < -0.4 is 10.6 Å². The molecule has 0 spiro atoms. The van der Waals surface area contributed by atoms with Crippen molar-refractivity contribution in [1.29, 1.82) is 0 Å². The van der Waals surface area contributed by atoms with E-state index in [1.54, 1.807) is 29.5 Å². The van der Waals surface area contributed by atoms with Crippen molar-refractivity contribution in [3.63, 3.8) is 0 Å². The van der Waals surface area contributed by atoms with Gasteiger partial charge in [-0.1, -0.05) is 25.1 Å². The molecule has 2 aromatic rings. The van der Waals surface area contributed by atoms with Gasteiger partial charge in [-0.15, -0.1) is 15.7 Å². The molecule has 2 N–H and O–H groups in total. The number of thiophene rings is 1. The van der Waals surface area contributed by atoms with Crippen LogP contribution in [0.15, 0.2) is 51.1 Å². The highest BCUT2D eigenvalue weighted by Crippen LogP contribution is 2.28. The van der Waals surface area contributed by atoms with Crippen LogP contribution >= 0.6 is 11.3 Å². The molecule has 0 saturated heterocycles. The van der Waals surface area contributed by atoms with Gasteiger partial charge in [-0.25, -0.2) is 0 Å². The van der Waals surface area contributed by atoms with Crippen LogP contribution in [-0.4, -0.2) is 26.7 Å². The van der Waals surface area contributed by atoms with Crippen LogP contribution in [0.3, 0.4) is 0 Å². The van der Waals surface area contributed by atoms with Crippen LogP contribution in [-0.2, 0) is 21.2 Å². The molecular formula is C18H21N3O3S2. The number of hydrogen-bond donors (Lipinski definition) is 2. The van der Waals surface area contributed by atoms with Gasteiger partial charge >= 0.3 is 0 Å². The second-order valence-corrected chi connectivity index (χ2v) is 8.93. The van der Waals surface area contributed by atoms with Crippen LogP contribution in [0.2, 0.25) is 0 Å². The first-order valence-corrected chi connectivity index (χ1v) is 10.7. The van der Waals surface area contributed by atoms with Crippen molar-refractivity contribution in [2.75, 3.05) is 11.9 Å². The van der Waals surface area contributed by atoms with E-state index in [0.29, 0.717) is 30.9 Å². The van der Waals surface area contributed by atoms with E-state index in [4.69, 9.17) is 0 Å². The number of para-hydroxylation sites is 1. The van der Waals surface area contributed by atoms with E-state index in [2.05, 4.69) is 15.0 Å². The number of amidine groups is 1. The lowest BCUT2D eigenvalue weighted by atomic mass is 10.0. The van der Waals surface area contributed by atoms with Crippen molar-refractivity contribution in [3.8, 4) is 0 Å². The highest BCUT2D eigenvalue weighted by atomic mass is 32.2. The zero-order chi connectivity index (χ0) is 18.6. The number of amides is 1. The normalized spacial score (nSPS) is 16.1. The lowest BCUT2D eigenvalue weighted by Crippen LogP contribution is -2.29. The molecule has 0 aliphatic carbocycles. The Morgan fingerprint density at radius 3 is 2.85 bits per heavy atom. The molecule has 3 rings (SSSR count). The summed E-state index contributed by atoms with van der Waals surface area (Å²) in [7, 11) is -3.68. The van der Waals surface area contributed by atoms with Gasteiger partial charge in [-0.2, -0.15) is 8.42 Å². The molecule has 0 bridgehead atoms. The highest BCUT2D eigenvalue weighted by Gasteiger charge is 2.25. The van der Waals surface area contributed by atoms with E-state index in [1.165, 1.54) is 10.9 Å². The summed E-state index contributed by atoms with van der Waals surface area (Å²) in [6.45, 7) is 2.52. The van der Waals surface area contributed by atoms with Crippen molar-refractivity contribution in [3.05, 3.63) is 46.7 Å². The van der Waals surface area contributed by atoms with Gasteiger partial charge in [0.05, 0.1) is 5.69 Å². The van der Waals surface area contributed by atoms with Gasteiger partial charge in [0.25, 0.3) is 10.0 Å². The summed E-state index contributed by atoms with van der Waals surface area (Å²) in [5.41, 5.74) is 0.532. The number of carbonyl (C=O) groups is 1. The van der Waals surface area contributed by atoms with E-state index in [1.807, 2.05) is 24.4 Å². The molecule has 1 aromatic carbocycles. The summed E-state index contributed by atoms with van der Waals surface area (Å²) >= 11 is 1.67. The number of nitrogens with one attached hydrogen (secondary N) is 2. The van der Waals surface area contributed by atoms with Gasteiger partial charge in [0.2, 0.25) is 5.91 Å². The molecule has 1 aliphatic heterocycles. The molecule has 1 aliphatic rings. The third-order valence-electron chi connectivity index (χ3n) is 4.02.